The van der Waals surface area contributed by atoms with Gasteiger partial charge in [-0.1, -0.05) is 49.9 Å². The van der Waals surface area contributed by atoms with Crippen LogP contribution in [-0.2, 0) is 4.79 Å². The first kappa shape index (κ1) is 18.3. The van der Waals surface area contributed by atoms with E-state index in [1.807, 2.05) is 24.3 Å². The second kappa shape index (κ2) is 8.27. The van der Waals surface area contributed by atoms with Gasteiger partial charge in [-0.25, -0.2) is 4.39 Å². The molecule has 0 bridgehead atoms. The van der Waals surface area contributed by atoms with Crippen LogP contribution in [0.4, 0.5) is 4.39 Å². The van der Waals surface area contributed by atoms with Gasteiger partial charge in [-0.15, -0.1) is 10.2 Å². The first-order valence-electron chi connectivity index (χ1n) is 8.45. The number of carbonyl (C=O) groups excluding carboxylic acids is 1. The average molecular weight is 369 g/mol. The van der Waals surface area contributed by atoms with Gasteiger partial charge in [0.15, 0.2) is 0 Å². The number of carbonyl (C=O) groups is 1. The Hall–Kier alpha value is -2.47. The minimum atomic E-state index is -0.286. The first-order valence-corrected chi connectivity index (χ1v) is 9.44. The third-order valence-corrected chi connectivity index (χ3v) is 4.80. The molecule has 3 aromatic rings. The largest absolute Gasteiger partial charge is 0.355 e. The topological polar surface area (TPSA) is 54.9 Å². The lowest BCUT2D eigenvalue weighted by Crippen LogP contribution is -2.28. The third-order valence-electron chi connectivity index (χ3n) is 3.82. The van der Waals surface area contributed by atoms with E-state index < -0.39 is 0 Å². The Bertz CT molecular complexity index is 913. The van der Waals surface area contributed by atoms with Gasteiger partial charge in [0.25, 0.3) is 0 Å². The number of benzene rings is 2. The van der Waals surface area contributed by atoms with E-state index in [0.29, 0.717) is 28.9 Å². The molecule has 0 saturated heterocycles. The Kier molecular flexibility index (Phi) is 5.83. The van der Waals surface area contributed by atoms with Gasteiger partial charge in [-0.2, -0.15) is 0 Å². The molecule has 4 nitrogen and oxygen atoms in total. The summed E-state index contributed by atoms with van der Waals surface area (Å²) in [6.07, 6.45) is 0. The fourth-order valence-electron chi connectivity index (χ4n) is 2.51. The fraction of sp³-hybridized carbons (Fsp3) is 0.250. The molecule has 0 spiro atoms. The van der Waals surface area contributed by atoms with Crippen LogP contribution in [0, 0.1) is 11.7 Å². The van der Waals surface area contributed by atoms with Gasteiger partial charge in [0.2, 0.25) is 5.91 Å². The zero-order valence-corrected chi connectivity index (χ0v) is 15.5. The molecule has 0 unspecified atom stereocenters. The van der Waals surface area contributed by atoms with Crippen LogP contribution < -0.4 is 5.32 Å². The van der Waals surface area contributed by atoms with E-state index >= 15 is 0 Å². The van der Waals surface area contributed by atoms with Crippen molar-refractivity contribution < 1.29 is 9.18 Å². The summed E-state index contributed by atoms with van der Waals surface area (Å²) in [5, 5.41) is 14.1. The number of hydrogen-bond donors (Lipinski definition) is 1. The monoisotopic (exact) mass is 369 g/mol. The van der Waals surface area contributed by atoms with Crippen LogP contribution in [0.2, 0.25) is 0 Å². The van der Waals surface area contributed by atoms with E-state index in [2.05, 4.69) is 29.4 Å². The highest BCUT2D eigenvalue weighted by atomic mass is 32.2. The summed E-state index contributed by atoms with van der Waals surface area (Å²) in [5.41, 5.74) is 1.51. The predicted octanol–water partition coefficient (Wildman–Crippen LogP) is 4.30. The summed E-state index contributed by atoms with van der Waals surface area (Å²) in [6, 6.07) is 14.0. The van der Waals surface area contributed by atoms with Crippen molar-refractivity contribution in [2.45, 2.75) is 18.9 Å². The van der Waals surface area contributed by atoms with Gasteiger partial charge in [-0.3, -0.25) is 4.79 Å². The molecule has 0 saturated carbocycles. The van der Waals surface area contributed by atoms with Crippen LogP contribution in [0.25, 0.3) is 22.0 Å². The normalized spacial score (nSPS) is 11.1. The maximum absolute atomic E-state index is 13.2. The molecular weight excluding hydrogens is 349 g/mol. The van der Waals surface area contributed by atoms with E-state index in [1.54, 1.807) is 12.1 Å². The number of thioether (sulfide) groups is 1. The maximum Gasteiger partial charge on any atom is 0.230 e. The maximum atomic E-state index is 13.2. The quantitative estimate of drug-likeness (QED) is 0.658. The number of hydrogen-bond acceptors (Lipinski definition) is 4. The van der Waals surface area contributed by atoms with E-state index in [0.717, 1.165) is 16.3 Å². The molecule has 1 aromatic heterocycles. The Morgan fingerprint density at radius 1 is 1.08 bits per heavy atom. The van der Waals surface area contributed by atoms with Gasteiger partial charge < -0.3 is 5.32 Å². The molecule has 0 fully saturated rings. The molecule has 1 amide bonds. The van der Waals surface area contributed by atoms with Crippen molar-refractivity contribution in [1.29, 1.82) is 0 Å². The lowest BCUT2D eigenvalue weighted by molar-refractivity contribution is -0.118. The molecule has 1 N–H and O–H groups in total. The average Bonchev–Trinajstić information content (AvgIpc) is 2.65. The highest BCUT2D eigenvalue weighted by Gasteiger charge is 2.13. The summed E-state index contributed by atoms with van der Waals surface area (Å²) >= 11 is 1.37. The Morgan fingerprint density at radius 3 is 2.46 bits per heavy atom. The van der Waals surface area contributed by atoms with Crippen molar-refractivity contribution in [2.24, 2.45) is 5.92 Å². The second-order valence-corrected chi connectivity index (χ2v) is 7.36. The Balaban J connectivity index is 1.86. The summed E-state index contributed by atoms with van der Waals surface area (Å²) in [4.78, 5) is 12.0. The number of fused-ring (bicyclic) bond motifs is 1. The van der Waals surface area contributed by atoms with E-state index in [-0.39, 0.29) is 11.7 Å². The first-order chi connectivity index (χ1) is 12.5. The van der Waals surface area contributed by atoms with Gasteiger partial charge in [0.1, 0.15) is 16.5 Å². The molecule has 2 aromatic carbocycles. The Morgan fingerprint density at radius 2 is 1.77 bits per heavy atom. The van der Waals surface area contributed by atoms with Gasteiger partial charge in [0.05, 0.1) is 5.75 Å². The zero-order chi connectivity index (χ0) is 18.5. The van der Waals surface area contributed by atoms with E-state index in [1.165, 1.54) is 23.9 Å². The van der Waals surface area contributed by atoms with Gasteiger partial charge in [0, 0.05) is 22.9 Å². The van der Waals surface area contributed by atoms with Crippen molar-refractivity contribution >= 4 is 28.4 Å². The van der Waals surface area contributed by atoms with Crippen molar-refractivity contribution in [2.75, 3.05) is 12.3 Å². The highest BCUT2D eigenvalue weighted by Crippen LogP contribution is 2.31. The van der Waals surface area contributed by atoms with E-state index in [4.69, 9.17) is 0 Å². The summed E-state index contributed by atoms with van der Waals surface area (Å²) in [5.74, 6) is 0.406. The van der Waals surface area contributed by atoms with Crippen LogP contribution in [-0.4, -0.2) is 28.4 Å². The molecule has 1 heterocycles. The molecule has 0 aliphatic carbocycles. The summed E-state index contributed by atoms with van der Waals surface area (Å²) < 4.78 is 13.2. The zero-order valence-electron chi connectivity index (χ0n) is 14.7. The minimum absolute atomic E-state index is 0.0165. The predicted molar refractivity (Wildman–Crippen MR) is 104 cm³/mol. The summed E-state index contributed by atoms with van der Waals surface area (Å²) in [6.45, 7) is 4.77. The van der Waals surface area contributed by atoms with Crippen molar-refractivity contribution in [3.63, 3.8) is 0 Å². The molecule has 3 rings (SSSR count). The molecule has 0 aliphatic rings. The van der Waals surface area contributed by atoms with Gasteiger partial charge in [-0.05, 0) is 30.2 Å². The smallest absolute Gasteiger partial charge is 0.230 e. The van der Waals surface area contributed by atoms with Crippen LogP contribution in [0.1, 0.15) is 13.8 Å². The minimum Gasteiger partial charge on any atom is -0.355 e. The van der Waals surface area contributed by atoms with Crippen LogP contribution in [0.15, 0.2) is 53.6 Å². The standard InChI is InChI=1S/C20H20FN3OS/c1-13(2)11-22-18(25)12-26-20-17-6-4-3-5-16(17)19(23-24-20)14-7-9-15(21)10-8-14/h3-10,13H,11-12H2,1-2H3,(H,22,25). The number of halogens is 1. The third kappa shape index (κ3) is 4.38. The fourth-order valence-corrected chi connectivity index (χ4v) is 3.31. The number of amides is 1. The molecule has 134 valence electrons. The second-order valence-electron chi connectivity index (χ2n) is 6.39. The van der Waals surface area contributed by atoms with Crippen LogP contribution in [0.5, 0.6) is 0 Å². The number of aromatic nitrogens is 2. The SMILES string of the molecule is CC(C)CNC(=O)CSc1nnc(-c2ccc(F)cc2)c2ccccc12. The van der Waals surface area contributed by atoms with Gasteiger partial charge >= 0.3 is 0 Å². The molecular formula is C20H20FN3OS. The lowest BCUT2D eigenvalue weighted by Gasteiger charge is -2.10. The molecule has 0 radical (unpaired) electrons. The molecule has 6 heteroatoms. The number of nitrogens with zero attached hydrogens (tertiary/aromatic N) is 2. The molecule has 0 atom stereocenters. The van der Waals surface area contributed by atoms with Crippen LogP contribution in [0.3, 0.4) is 0 Å². The van der Waals surface area contributed by atoms with Crippen molar-refractivity contribution in [1.82, 2.24) is 15.5 Å². The Labute approximate surface area is 156 Å². The number of nitrogens with one attached hydrogen (secondary N) is 1. The lowest BCUT2D eigenvalue weighted by atomic mass is 10.1. The van der Waals surface area contributed by atoms with Crippen molar-refractivity contribution in [3.05, 3.63) is 54.3 Å². The van der Waals surface area contributed by atoms with Crippen LogP contribution >= 0.6 is 11.8 Å². The molecule has 26 heavy (non-hydrogen) atoms. The van der Waals surface area contributed by atoms with E-state index in [9.17, 15) is 9.18 Å². The van der Waals surface area contributed by atoms with Crippen molar-refractivity contribution in [3.8, 4) is 11.3 Å². The highest BCUT2D eigenvalue weighted by molar-refractivity contribution is 8.00. The molecule has 0 aliphatic heterocycles. The summed E-state index contributed by atoms with van der Waals surface area (Å²) in [7, 11) is 0. The number of rotatable bonds is 6.